The van der Waals surface area contributed by atoms with Crippen LogP contribution >= 0.6 is 0 Å². The van der Waals surface area contributed by atoms with E-state index in [1.807, 2.05) is 12.1 Å². The molecule has 4 heteroatoms. The van der Waals surface area contributed by atoms with Crippen molar-refractivity contribution in [1.29, 1.82) is 0 Å². The van der Waals surface area contributed by atoms with E-state index in [2.05, 4.69) is 4.90 Å². The third kappa shape index (κ3) is 2.47. The molecule has 0 N–H and O–H groups in total. The van der Waals surface area contributed by atoms with E-state index in [-0.39, 0.29) is 0 Å². The van der Waals surface area contributed by atoms with Crippen molar-refractivity contribution in [2.45, 2.75) is 13.0 Å². The lowest BCUT2D eigenvalue weighted by molar-refractivity contribution is 0.172. The van der Waals surface area contributed by atoms with Crippen LogP contribution in [0.15, 0.2) is 12.1 Å². The quantitative estimate of drug-likeness (QED) is 0.783. The number of ether oxygens (including phenoxy) is 3. The number of methoxy groups -OCH3 is 3. The Morgan fingerprint density at radius 2 is 1.59 bits per heavy atom. The second-order valence-electron chi connectivity index (χ2n) is 4.16. The second-order valence-corrected chi connectivity index (χ2v) is 4.16. The van der Waals surface area contributed by atoms with Gasteiger partial charge in [-0.3, -0.25) is 4.90 Å². The maximum absolute atomic E-state index is 5.33. The Morgan fingerprint density at radius 3 is 1.94 bits per heavy atom. The van der Waals surface area contributed by atoms with Crippen LogP contribution in [0.2, 0.25) is 0 Å². The Hall–Kier alpha value is -1.42. The molecular weight excluding hydrogens is 218 g/mol. The number of hydrogen-bond acceptors (Lipinski definition) is 4. The van der Waals surface area contributed by atoms with Crippen LogP contribution in [0.3, 0.4) is 0 Å². The highest BCUT2D eigenvalue weighted by atomic mass is 16.5. The molecule has 0 aliphatic carbocycles. The fourth-order valence-electron chi connectivity index (χ4n) is 2.02. The molecule has 0 atom stereocenters. The van der Waals surface area contributed by atoms with Crippen LogP contribution < -0.4 is 14.2 Å². The van der Waals surface area contributed by atoms with Gasteiger partial charge in [-0.05, 0) is 37.2 Å². The molecule has 0 bridgehead atoms. The number of likely N-dealkylation sites (tertiary alicyclic amines) is 1. The molecule has 1 aliphatic rings. The summed E-state index contributed by atoms with van der Waals surface area (Å²) in [5.41, 5.74) is 1.19. The van der Waals surface area contributed by atoms with E-state index in [0.29, 0.717) is 5.75 Å². The molecule has 1 aromatic rings. The maximum Gasteiger partial charge on any atom is 0.203 e. The van der Waals surface area contributed by atoms with Crippen molar-refractivity contribution in [1.82, 2.24) is 4.90 Å². The summed E-state index contributed by atoms with van der Waals surface area (Å²) in [4.78, 5) is 2.39. The Bertz CT molecular complexity index is 363. The van der Waals surface area contributed by atoms with Gasteiger partial charge in [-0.2, -0.15) is 0 Å². The standard InChI is InChI=1S/C13H19NO3/c1-15-11-7-10(9-14-5-4-6-14)8-12(16-2)13(11)17-3/h7-8H,4-6,9H2,1-3H3. The lowest BCUT2D eigenvalue weighted by Crippen LogP contribution is -2.36. The third-order valence-electron chi connectivity index (χ3n) is 3.08. The zero-order valence-electron chi connectivity index (χ0n) is 10.7. The lowest BCUT2D eigenvalue weighted by Gasteiger charge is -2.31. The van der Waals surface area contributed by atoms with Gasteiger partial charge in [0.15, 0.2) is 11.5 Å². The van der Waals surface area contributed by atoms with E-state index in [9.17, 15) is 0 Å². The molecule has 0 spiro atoms. The van der Waals surface area contributed by atoms with Crippen LogP contribution in [-0.4, -0.2) is 39.3 Å². The van der Waals surface area contributed by atoms with Crippen molar-refractivity contribution in [2.24, 2.45) is 0 Å². The molecule has 1 saturated heterocycles. The fourth-order valence-corrected chi connectivity index (χ4v) is 2.02. The first kappa shape index (κ1) is 12.0. The molecule has 1 aliphatic heterocycles. The van der Waals surface area contributed by atoms with Crippen molar-refractivity contribution in [3.8, 4) is 17.2 Å². The summed E-state index contributed by atoms with van der Waals surface area (Å²) in [7, 11) is 4.91. The summed E-state index contributed by atoms with van der Waals surface area (Å²) in [5.74, 6) is 2.10. The Labute approximate surface area is 102 Å². The van der Waals surface area contributed by atoms with Gasteiger partial charge in [0.25, 0.3) is 0 Å². The molecule has 0 radical (unpaired) electrons. The molecule has 1 fully saturated rings. The van der Waals surface area contributed by atoms with Crippen molar-refractivity contribution in [2.75, 3.05) is 34.4 Å². The monoisotopic (exact) mass is 237 g/mol. The Balaban J connectivity index is 2.26. The van der Waals surface area contributed by atoms with Crippen molar-refractivity contribution < 1.29 is 14.2 Å². The summed E-state index contributed by atoms with van der Waals surface area (Å²) >= 11 is 0. The summed E-state index contributed by atoms with van der Waals surface area (Å²) < 4.78 is 16.0. The first-order valence-corrected chi connectivity index (χ1v) is 5.79. The average Bonchev–Trinajstić information content (AvgIpc) is 2.32. The largest absolute Gasteiger partial charge is 0.493 e. The fraction of sp³-hybridized carbons (Fsp3) is 0.538. The van der Waals surface area contributed by atoms with Crippen molar-refractivity contribution in [3.63, 3.8) is 0 Å². The minimum absolute atomic E-state index is 0.655. The van der Waals surface area contributed by atoms with Gasteiger partial charge >= 0.3 is 0 Å². The van der Waals surface area contributed by atoms with Gasteiger partial charge in [0.1, 0.15) is 0 Å². The molecule has 1 heterocycles. The smallest absolute Gasteiger partial charge is 0.203 e. The van der Waals surface area contributed by atoms with Crippen LogP contribution in [0.5, 0.6) is 17.2 Å². The van der Waals surface area contributed by atoms with Crippen LogP contribution in [0, 0.1) is 0 Å². The number of rotatable bonds is 5. The lowest BCUT2D eigenvalue weighted by atomic mass is 10.1. The van der Waals surface area contributed by atoms with Crippen LogP contribution in [0.25, 0.3) is 0 Å². The van der Waals surface area contributed by atoms with E-state index < -0.39 is 0 Å². The minimum Gasteiger partial charge on any atom is -0.493 e. The van der Waals surface area contributed by atoms with Gasteiger partial charge in [0.05, 0.1) is 21.3 Å². The highest BCUT2D eigenvalue weighted by Gasteiger charge is 2.17. The van der Waals surface area contributed by atoms with Crippen molar-refractivity contribution in [3.05, 3.63) is 17.7 Å². The van der Waals surface area contributed by atoms with Crippen LogP contribution in [-0.2, 0) is 6.54 Å². The van der Waals surface area contributed by atoms with Gasteiger partial charge in [0, 0.05) is 6.54 Å². The number of nitrogens with zero attached hydrogens (tertiary/aromatic N) is 1. The minimum atomic E-state index is 0.655. The number of hydrogen-bond donors (Lipinski definition) is 0. The van der Waals surface area contributed by atoms with E-state index >= 15 is 0 Å². The first-order valence-electron chi connectivity index (χ1n) is 5.79. The van der Waals surface area contributed by atoms with E-state index in [4.69, 9.17) is 14.2 Å². The van der Waals surface area contributed by atoms with Gasteiger partial charge in [-0.15, -0.1) is 0 Å². The van der Waals surface area contributed by atoms with Gasteiger partial charge < -0.3 is 14.2 Å². The van der Waals surface area contributed by atoms with Gasteiger partial charge in [-0.1, -0.05) is 0 Å². The summed E-state index contributed by atoms with van der Waals surface area (Å²) in [6.07, 6.45) is 1.30. The number of benzene rings is 1. The van der Waals surface area contributed by atoms with Gasteiger partial charge in [-0.25, -0.2) is 0 Å². The Kier molecular flexibility index (Phi) is 3.74. The SMILES string of the molecule is COc1cc(CN2CCC2)cc(OC)c1OC. The molecule has 94 valence electrons. The third-order valence-corrected chi connectivity index (χ3v) is 3.08. The average molecular weight is 237 g/mol. The zero-order valence-corrected chi connectivity index (χ0v) is 10.7. The first-order chi connectivity index (χ1) is 8.28. The van der Waals surface area contributed by atoms with Gasteiger partial charge in [0.2, 0.25) is 5.75 Å². The normalized spacial score (nSPS) is 15.2. The summed E-state index contributed by atoms with van der Waals surface area (Å²) in [6.45, 7) is 3.30. The molecule has 17 heavy (non-hydrogen) atoms. The predicted octanol–water partition coefficient (Wildman–Crippen LogP) is 1.92. The highest BCUT2D eigenvalue weighted by Crippen LogP contribution is 2.38. The highest BCUT2D eigenvalue weighted by molar-refractivity contribution is 5.53. The molecule has 0 amide bonds. The van der Waals surface area contributed by atoms with Crippen molar-refractivity contribution >= 4 is 0 Å². The molecule has 0 unspecified atom stereocenters. The maximum atomic E-state index is 5.33. The second kappa shape index (κ2) is 5.27. The van der Waals surface area contributed by atoms with Crippen LogP contribution in [0.4, 0.5) is 0 Å². The molecule has 0 saturated carbocycles. The molecule has 2 rings (SSSR count). The van der Waals surface area contributed by atoms with E-state index in [0.717, 1.165) is 18.0 Å². The van der Waals surface area contributed by atoms with E-state index in [1.54, 1.807) is 21.3 Å². The molecular formula is C13H19NO3. The predicted molar refractivity (Wildman–Crippen MR) is 66.0 cm³/mol. The molecule has 0 aromatic heterocycles. The van der Waals surface area contributed by atoms with E-state index in [1.165, 1.54) is 25.1 Å². The topological polar surface area (TPSA) is 30.9 Å². The summed E-state index contributed by atoms with van der Waals surface area (Å²) in [6, 6.07) is 4.03. The zero-order chi connectivity index (χ0) is 12.3. The molecule has 4 nitrogen and oxygen atoms in total. The summed E-state index contributed by atoms with van der Waals surface area (Å²) in [5, 5.41) is 0. The molecule has 1 aromatic carbocycles. The Morgan fingerprint density at radius 1 is 1.00 bits per heavy atom. The van der Waals surface area contributed by atoms with Crippen LogP contribution in [0.1, 0.15) is 12.0 Å².